The summed E-state index contributed by atoms with van der Waals surface area (Å²) in [5.41, 5.74) is 5.53. The van der Waals surface area contributed by atoms with E-state index in [1.165, 1.54) is 0 Å². The third-order valence-electron chi connectivity index (χ3n) is 2.28. The van der Waals surface area contributed by atoms with Crippen molar-refractivity contribution >= 4 is 17.4 Å². The zero-order valence-electron chi connectivity index (χ0n) is 8.70. The molecule has 4 nitrogen and oxygen atoms in total. The summed E-state index contributed by atoms with van der Waals surface area (Å²) in [4.78, 5) is 2.33. The van der Waals surface area contributed by atoms with Gasteiger partial charge in [-0.3, -0.25) is 4.68 Å². The van der Waals surface area contributed by atoms with Crippen LogP contribution in [0.25, 0.3) is 0 Å². The van der Waals surface area contributed by atoms with Crippen LogP contribution in [0.3, 0.4) is 0 Å². The van der Waals surface area contributed by atoms with Crippen LogP contribution in [-0.4, -0.2) is 34.3 Å². The average molecular weight is 217 g/mol. The predicted molar refractivity (Wildman–Crippen MR) is 59.4 cm³/mol. The molecule has 0 aliphatic carbocycles. The van der Waals surface area contributed by atoms with Gasteiger partial charge >= 0.3 is 0 Å². The van der Waals surface area contributed by atoms with Crippen LogP contribution in [0.4, 0.5) is 5.82 Å². The zero-order valence-corrected chi connectivity index (χ0v) is 9.46. The Morgan fingerprint density at radius 2 is 2.14 bits per heavy atom. The van der Waals surface area contributed by atoms with E-state index in [9.17, 15) is 0 Å². The van der Waals surface area contributed by atoms with E-state index in [4.69, 9.17) is 17.3 Å². The van der Waals surface area contributed by atoms with Gasteiger partial charge in [0.25, 0.3) is 0 Å². The topological polar surface area (TPSA) is 47.1 Å². The third-order valence-corrected chi connectivity index (χ3v) is 2.57. The molecule has 0 bridgehead atoms. The van der Waals surface area contributed by atoms with Gasteiger partial charge in [0, 0.05) is 12.7 Å². The van der Waals surface area contributed by atoms with Crippen molar-refractivity contribution in [2.45, 2.75) is 20.4 Å². The second-order valence-electron chi connectivity index (χ2n) is 3.15. The molecule has 0 fully saturated rings. The standard InChI is InChI=1S/C9H17ClN4/c1-3-13(4-2)5-6-14-7-8(10)9(11)12-14/h7H,3-6H2,1-2H3,(H2,11,12). The van der Waals surface area contributed by atoms with Crippen LogP contribution in [0.2, 0.25) is 5.02 Å². The number of likely N-dealkylation sites (N-methyl/N-ethyl adjacent to an activating group) is 1. The lowest BCUT2D eigenvalue weighted by Crippen LogP contribution is -2.27. The SMILES string of the molecule is CCN(CC)CCn1cc(Cl)c(N)n1. The Morgan fingerprint density at radius 1 is 1.50 bits per heavy atom. The molecular formula is C9H17ClN4. The third kappa shape index (κ3) is 2.89. The van der Waals surface area contributed by atoms with Gasteiger partial charge in [0.1, 0.15) is 5.02 Å². The highest BCUT2D eigenvalue weighted by Crippen LogP contribution is 2.14. The molecule has 2 N–H and O–H groups in total. The van der Waals surface area contributed by atoms with Crippen molar-refractivity contribution in [1.29, 1.82) is 0 Å². The number of aromatic nitrogens is 2. The maximum absolute atomic E-state index is 5.79. The molecule has 0 aromatic carbocycles. The van der Waals surface area contributed by atoms with E-state index in [2.05, 4.69) is 23.8 Å². The van der Waals surface area contributed by atoms with Crippen molar-refractivity contribution in [3.63, 3.8) is 0 Å². The number of hydrogen-bond donors (Lipinski definition) is 1. The van der Waals surface area contributed by atoms with Crippen molar-refractivity contribution in [1.82, 2.24) is 14.7 Å². The van der Waals surface area contributed by atoms with E-state index in [1.54, 1.807) is 10.9 Å². The number of rotatable bonds is 5. The van der Waals surface area contributed by atoms with E-state index in [0.717, 1.165) is 26.2 Å². The smallest absolute Gasteiger partial charge is 0.164 e. The Labute approximate surface area is 89.6 Å². The van der Waals surface area contributed by atoms with Crippen LogP contribution in [0, 0.1) is 0 Å². The number of hydrogen-bond acceptors (Lipinski definition) is 3. The molecule has 0 aliphatic rings. The summed E-state index contributed by atoms with van der Waals surface area (Å²) in [6.07, 6.45) is 1.76. The molecule has 1 aromatic heterocycles. The number of anilines is 1. The van der Waals surface area contributed by atoms with Crippen molar-refractivity contribution in [2.75, 3.05) is 25.4 Å². The number of halogens is 1. The number of nitrogens with zero attached hydrogens (tertiary/aromatic N) is 3. The molecule has 0 amide bonds. The lowest BCUT2D eigenvalue weighted by atomic mass is 10.5. The Kier molecular flexibility index (Phi) is 4.22. The second-order valence-corrected chi connectivity index (χ2v) is 3.56. The molecule has 0 atom stereocenters. The minimum absolute atomic E-state index is 0.409. The van der Waals surface area contributed by atoms with Gasteiger partial charge in [0.15, 0.2) is 5.82 Å². The average Bonchev–Trinajstić information content (AvgIpc) is 2.48. The molecule has 0 radical (unpaired) electrons. The van der Waals surface area contributed by atoms with Gasteiger partial charge in [-0.25, -0.2) is 0 Å². The summed E-state index contributed by atoms with van der Waals surface area (Å²) >= 11 is 5.79. The largest absolute Gasteiger partial charge is 0.381 e. The number of nitrogens with two attached hydrogens (primary N) is 1. The van der Waals surface area contributed by atoms with Gasteiger partial charge in [0.05, 0.1) is 6.54 Å². The van der Waals surface area contributed by atoms with Gasteiger partial charge in [-0.15, -0.1) is 0 Å². The molecule has 0 saturated carbocycles. The summed E-state index contributed by atoms with van der Waals surface area (Å²) in [5.74, 6) is 0.409. The van der Waals surface area contributed by atoms with Gasteiger partial charge in [-0.05, 0) is 13.1 Å². The van der Waals surface area contributed by atoms with Gasteiger partial charge < -0.3 is 10.6 Å². The first-order chi connectivity index (χ1) is 6.67. The van der Waals surface area contributed by atoms with Crippen molar-refractivity contribution in [2.24, 2.45) is 0 Å². The summed E-state index contributed by atoms with van der Waals surface area (Å²) in [6.45, 7) is 8.22. The Balaban J connectivity index is 2.45. The molecule has 80 valence electrons. The Morgan fingerprint density at radius 3 is 2.57 bits per heavy atom. The quantitative estimate of drug-likeness (QED) is 0.811. The first-order valence-electron chi connectivity index (χ1n) is 4.88. The van der Waals surface area contributed by atoms with E-state index in [1.807, 2.05) is 0 Å². The maximum Gasteiger partial charge on any atom is 0.164 e. The molecule has 1 heterocycles. The van der Waals surface area contributed by atoms with Gasteiger partial charge in [-0.1, -0.05) is 25.4 Å². The molecule has 0 spiro atoms. The first kappa shape index (κ1) is 11.3. The monoisotopic (exact) mass is 216 g/mol. The predicted octanol–water partition coefficient (Wildman–Crippen LogP) is 1.46. The van der Waals surface area contributed by atoms with Crippen LogP contribution in [0.5, 0.6) is 0 Å². The minimum atomic E-state index is 0.409. The van der Waals surface area contributed by atoms with Crippen molar-refractivity contribution in [3.8, 4) is 0 Å². The highest BCUT2D eigenvalue weighted by atomic mass is 35.5. The second kappa shape index (κ2) is 5.22. The molecule has 5 heteroatoms. The van der Waals surface area contributed by atoms with E-state index in [-0.39, 0.29) is 0 Å². The molecule has 1 aromatic rings. The normalized spacial score (nSPS) is 11.1. The summed E-state index contributed by atoms with van der Waals surface area (Å²) < 4.78 is 1.79. The van der Waals surface area contributed by atoms with E-state index >= 15 is 0 Å². The first-order valence-corrected chi connectivity index (χ1v) is 5.26. The van der Waals surface area contributed by atoms with Crippen LogP contribution >= 0.6 is 11.6 Å². The van der Waals surface area contributed by atoms with E-state index < -0.39 is 0 Å². The van der Waals surface area contributed by atoms with Crippen molar-refractivity contribution in [3.05, 3.63) is 11.2 Å². The highest BCUT2D eigenvalue weighted by molar-refractivity contribution is 6.32. The van der Waals surface area contributed by atoms with Crippen LogP contribution in [-0.2, 0) is 6.54 Å². The summed E-state index contributed by atoms with van der Waals surface area (Å²) in [6, 6.07) is 0. The van der Waals surface area contributed by atoms with Crippen molar-refractivity contribution < 1.29 is 0 Å². The zero-order chi connectivity index (χ0) is 10.6. The molecule has 0 unspecified atom stereocenters. The number of nitrogen functional groups attached to an aromatic ring is 1. The van der Waals surface area contributed by atoms with Crippen LogP contribution in [0.15, 0.2) is 6.20 Å². The van der Waals surface area contributed by atoms with Crippen LogP contribution in [0.1, 0.15) is 13.8 Å². The minimum Gasteiger partial charge on any atom is -0.381 e. The van der Waals surface area contributed by atoms with Gasteiger partial charge in [0.2, 0.25) is 0 Å². The Bertz CT molecular complexity index is 261. The summed E-state index contributed by atoms with van der Waals surface area (Å²) in [5, 5.41) is 4.62. The molecule has 14 heavy (non-hydrogen) atoms. The van der Waals surface area contributed by atoms with Gasteiger partial charge in [-0.2, -0.15) is 5.10 Å². The fourth-order valence-electron chi connectivity index (χ4n) is 1.31. The summed E-state index contributed by atoms with van der Waals surface area (Å²) in [7, 11) is 0. The fourth-order valence-corrected chi connectivity index (χ4v) is 1.46. The van der Waals surface area contributed by atoms with E-state index in [0.29, 0.717) is 10.8 Å². The molecule has 0 saturated heterocycles. The molecule has 1 rings (SSSR count). The lowest BCUT2D eigenvalue weighted by molar-refractivity contribution is 0.285. The molecular weight excluding hydrogens is 200 g/mol. The maximum atomic E-state index is 5.79. The fraction of sp³-hybridized carbons (Fsp3) is 0.667. The lowest BCUT2D eigenvalue weighted by Gasteiger charge is -2.17. The molecule has 0 aliphatic heterocycles. The van der Waals surface area contributed by atoms with Crippen LogP contribution < -0.4 is 5.73 Å². The Hall–Kier alpha value is -0.740. The highest BCUT2D eigenvalue weighted by Gasteiger charge is 2.04.